The van der Waals surface area contributed by atoms with Gasteiger partial charge < -0.3 is 14.9 Å². The average molecular weight is 235 g/mol. The van der Waals surface area contributed by atoms with E-state index in [1.165, 1.54) is 12.6 Å². The van der Waals surface area contributed by atoms with Crippen molar-refractivity contribution in [3.05, 3.63) is 11.9 Å². The molecule has 0 radical (unpaired) electrons. The van der Waals surface area contributed by atoms with Gasteiger partial charge >= 0.3 is 7.12 Å². The molecule has 0 aromatic carbocycles. The van der Waals surface area contributed by atoms with Crippen LogP contribution in [0, 0.1) is 6.92 Å². The summed E-state index contributed by atoms with van der Waals surface area (Å²) in [5.41, 5.74) is 1.00. The van der Waals surface area contributed by atoms with Crippen molar-refractivity contribution in [2.75, 3.05) is 11.4 Å². The van der Waals surface area contributed by atoms with E-state index >= 15 is 0 Å². The second-order valence-corrected chi connectivity index (χ2v) is 4.62. The van der Waals surface area contributed by atoms with Crippen molar-refractivity contribution in [2.24, 2.45) is 0 Å². The van der Waals surface area contributed by atoms with Gasteiger partial charge in [0.25, 0.3) is 0 Å². The van der Waals surface area contributed by atoms with Crippen LogP contribution in [0.4, 0.5) is 5.95 Å². The molecule has 2 heterocycles. The van der Waals surface area contributed by atoms with E-state index in [4.69, 9.17) is 10.0 Å². The molecular formula is C11H18BN3O2. The second-order valence-electron chi connectivity index (χ2n) is 4.62. The van der Waals surface area contributed by atoms with Crippen molar-refractivity contribution < 1.29 is 10.0 Å². The van der Waals surface area contributed by atoms with E-state index < -0.39 is 7.12 Å². The highest BCUT2D eigenvalue weighted by Crippen LogP contribution is 2.20. The molecule has 1 aliphatic rings. The number of piperidine rings is 1. The summed E-state index contributed by atoms with van der Waals surface area (Å²) in [5.74, 6) is 0.694. The quantitative estimate of drug-likeness (QED) is 0.697. The third-order valence-electron chi connectivity index (χ3n) is 3.34. The lowest BCUT2D eigenvalue weighted by molar-refractivity contribution is 0.425. The Labute approximate surface area is 102 Å². The number of rotatable bonds is 2. The van der Waals surface area contributed by atoms with E-state index in [0.29, 0.717) is 23.1 Å². The maximum absolute atomic E-state index is 9.12. The lowest BCUT2D eigenvalue weighted by Gasteiger charge is -2.33. The van der Waals surface area contributed by atoms with Crippen LogP contribution in [0.25, 0.3) is 0 Å². The van der Waals surface area contributed by atoms with Gasteiger partial charge in [0, 0.05) is 29.9 Å². The van der Waals surface area contributed by atoms with Crippen molar-refractivity contribution in [1.29, 1.82) is 0 Å². The molecule has 2 N–H and O–H groups in total. The zero-order chi connectivity index (χ0) is 12.4. The molecular weight excluding hydrogens is 217 g/mol. The minimum Gasteiger partial charge on any atom is -0.423 e. The van der Waals surface area contributed by atoms with Gasteiger partial charge in [0.05, 0.1) is 0 Å². The summed E-state index contributed by atoms with van der Waals surface area (Å²) in [4.78, 5) is 10.8. The zero-order valence-electron chi connectivity index (χ0n) is 10.3. The highest BCUT2D eigenvalue weighted by molar-refractivity contribution is 6.58. The van der Waals surface area contributed by atoms with Crippen molar-refractivity contribution in [3.8, 4) is 0 Å². The summed E-state index contributed by atoms with van der Waals surface area (Å²) in [6.45, 7) is 4.92. The third kappa shape index (κ3) is 2.58. The smallest absolute Gasteiger partial charge is 0.423 e. The summed E-state index contributed by atoms with van der Waals surface area (Å²) >= 11 is 0. The summed E-state index contributed by atoms with van der Waals surface area (Å²) in [6, 6.07) is 0.452. The number of nitrogens with zero attached hydrogens (tertiary/aromatic N) is 3. The molecule has 1 fully saturated rings. The Morgan fingerprint density at radius 1 is 1.41 bits per heavy atom. The maximum Gasteiger partial charge on any atom is 0.491 e. The number of anilines is 1. The van der Waals surface area contributed by atoms with E-state index in [0.717, 1.165) is 19.4 Å². The molecule has 17 heavy (non-hydrogen) atoms. The van der Waals surface area contributed by atoms with Crippen molar-refractivity contribution in [2.45, 2.75) is 39.2 Å². The van der Waals surface area contributed by atoms with Gasteiger partial charge in [-0.15, -0.1) is 0 Å². The Kier molecular flexibility index (Phi) is 3.64. The van der Waals surface area contributed by atoms with Crippen LogP contribution in [-0.4, -0.2) is 39.7 Å². The fourth-order valence-electron chi connectivity index (χ4n) is 2.25. The van der Waals surface area contributed by atoms with Gasteiger partial charge in [0.1, 0.15) is 0 Å². The Morgan fingerprint density at radius 3 is 2.76 bits per heavy atom. The lowest BCUT2D eigenvalue weighted by atomic mass is 9.80. The van der Waals surface area contributed by atoms with Crippen LogP contribution in [0.3, 0.4) is 0 Å². The standard InChI is InChI=1S/C11H18BN3O2/c1-8-5-3-4-6-15(8)11-13-7-10(12(16)17)9(2)14-11/h7-8,16-17H,3-6H2,1-2H3. The van der Waals surface area contributed by atoms with Crippen molar-refractivity contribution in [3.63, 3.8) is 0 Å². The predicted molar refractivity (Wildman–Crippen MR) is 67.3 cm³/mol. The number of aromatic nitrogens is 2. The fraction of sp³-hybridized carbons (Fsp3) is 0.636. The summed E-state index contributed by atoms with van der Waals surface area (Å²) in [5, 5.41) is 18.2. The van der Waals surface area contributed by atoms with E-state index in [2.05, 4.69) is 21.8 Å². The van der Waals surface area contributed by atoms with Crippen LogP contribution < -0.4 is 10.4 Å². The van der Waals surface area contributed by atoms with Crippen LogP contribution in [0.15, 0.2) is 6.20 Å². The number of hydrogen-bond donors (Lipinski definition) is 2. The molecule has 2 rings (SSSR count). The highest BCUT2D eigenvalue weighted by atomic mass is 16.4. The van der Waals surface area contributed by atoms with Crippen molar-refractivity contribution >= 4 is 18.5 Å². The summed E-state index contributed by atoms with van der Waals surface area (Å²) < 4.78 is 0. The third-order valence-corrected chi connectivity index (χ3v) is 3.34. The minimum atomic E-state index is -1.50. The fourth-order valence-corrected chi connectivity index (χ4v) is 2.25. The van der Waals surface area contributed by atoms with Gasteiger partial charge in [-0.05, 0) is 33.1 Å². The molecule has 1 aliphatic heterocycles. The largest absolute Gasteiger partial charge is 0.491 e. The van der Waals surface area contributed by atoms with Gasteiger partial charge in [-0.2, -0.15) is 0 Å². The van der Waals surface area contributed by atoms with Crippen LogP contribution in [0.1, 0.15) is 31.9 Å². The monoisotopic (exact) mass is 235 g/mol. The minimum absolute atomic E-state index is 0.374. The molecule has 0 bridgehead atoms. The molecule has 0 aliphatic carbocycles. The van der Waals surface area contributed by atoms with Crippen LogP contribution in [-0.2, 0) is 0 Å². The molecule has 0 saturated carbocycles. The lowest BCUT2D eigenvalue weighted by Crippen LogP contribution is -2.40. The number of aryl methyl sites for hydroxylation is 1. The van der Waals surface area contributed by atoms with Gasteiger partial charge in [-0.3, -0.25) is 0 Å². The average Bonchev–Trinajstić information content (AvgIpc) is 2.29. The first-order valence-corrected chi connectivity index (χ1v) is 6.06. The Bertz CT molecular complexity index is 400. The Morgan fingerprint density at radius 2 is 2.18 bits per heavy atom. The van der Waals surface area contributed by atoms with Gasteiger partial charge in [-0.25, -0.2) is 9.97 Å². The summed E-state index contributed by atoms with van der Waals surface area (Å²) in [6.07, 6.45) is 5.08. The van der Waals surface area contributed by atoms with Crippen molar-refractivity contribution in [1.82, 2.24) is 9.97 Å². The molecule has 1 saturated heterocycles. The molecule has 1 unspecified atom stereocenters. The van der Waals surface area contributed by atoms with E-state index in [9.17, 15) is 0 Å². The molecule has 1 aromatic rings. The summed E-state index contributed by atoms with van der Waals surface area (Å²) in [7, 11) is -1.50. The van der Waals surface area contributed by atoms with Crippen LogP contribution in [0.5, 0.6) is 0 Å². The molecule has 1 aromatic heterocycles. The Balaban J connectivity index is 2.24. The topological polar surface area (TPSA) is 69.5 Å². The molecule has 0 spiro atoms. The Hall–Kier alpha value is -1.14. The molecule has 1 atom stereocenters. The second kappa shape index (κ2) is 5.02. The molecule has 6 heteroatoms. The van der Waals surface area contributed by atoms with E-state index in [1.807, 2.05) is 0 Å². The van der Waals surface area contributed by atoms with E-state index in [-0.39, 0.29) is 0 Å². The number of hydrogen-bond acceptors (Lipinski definition) is 5. The first kappa shape index (κ1) is 12.3. The zero-order valence-corrected chi connectivity index (χ0v) is 10.3. The normalized spacial score (nSPS) is 20.5. The van der Waals surface area contributed by atoms with Gasteiger partial charge in [0.15, 0.2) is 0 Å². The highest BCUT2D eigenvalue weighted by Gasteiger charge is 2.22. The molecule has 5 nitrogen and oxygen atoms in total. The van der Waals surface area contributed by atoms with E-state index in [1.54, 1.807) is 6.92 Å². The predicted octanol–water partition coefficient (Wildman–Crippen LogP) is -0.156. The first-order chi connectivity index (χ1) is 8.09. The van der Waals surface area contributed by atoms with Gasteiger partial charge in [-0.1, -0.05) is 0 Å². The first-order valence-electron chi connectivity index (χ1n) is 6.06. The van der Waals surface area contributed by atoms with Crippen LogP contribution in [0.2, 0.25) is 0 Å². The molecule has 92 valence electrons. The van der Waals surface area contributed by atoms with Gasteiger partial charge in [0.2, 0.25) is 5.95 Å². The maximum atomic E-state index is 9.12. The molecule has 0 amide bonds. The SMILES string of the molecule is Cc1nc(N2CCCCC2C)ncc1B(O)O. The van der Waals surface area contributed by atoms with Crippen LogP contribution >= 0.6 is 0 Å².